The van der Waals surface area contributed by atoms with Crippen LogP contribution in [-0.4, -0.2) is 26.7 Å². The quantitative estimate of drug-likeness (QED) is 0.925. The second kappa shape index (κ2) is 6.65. The van der Waals surface area contributed by atoms with Gasteiger partial charge in [-0.2, -0.15) is 0 Å². The lowest BCUT2D eigenvalue weighted by molar-refractivity contribution is -0.118. The molecule has 0 bridgehead atoms. The molecule has 1 heterocycles. The van der Waals surface area contributed by atoms with Gasteiger partial charge in [-0.1, -0.05) is 12.1 Å². The van der Waals surface area contributed by atoms with Crippen LogP contribution in [0.25, 0.3) is 0 Å². The van der Waals surface area contributed by atoms with E-state index in [1.165, 1.54) is 0 Å². The van der Waals surface area contributed by atoms with Crippen LogP contribution in [-0.2, 0) is 21.1 Å². The first-order valence-corrected chi connectivity index (χ1v) is 9.44. The number of carbonyl (C=O) groups is 1. The Morgan fingerprint density at radius 2 is 2.04 bits per heavy atom. The highest BCUT2D eigenvalue weighted by Gasteiger charge is 2.23. The first-order valence-electron chi connectivity index (χ1n) is 7.79. The van der Waals surface area contributed by atoms with E-state index in [0.29, 0.717) is 29.2 Å². The van der Waals surface area contributed by atoms with Crippen molar-refractivity contribution in [2.24, 2.45) is 0 Å². The molecule has 0 radical (unpaired) electrons. The van der Waals surface area contributed by atoms with E-state index in [9.17, 15) is 13.2 Å². The molecule has 0 saturated carbocycles. The van der Waals surface area contributed by atoms with Gasteiger partial charge in [0, 0.05) is 5.69 Å². The summed E-state index contributed by atoms with van der Waals surface area (Å²) >= 11 is 0. The summed E-state index contributed by atoms with van der Waals surface area (Å²) in [6.45, 7) is 1.85. The number of benzene rings is 2. The summed E-state index contributed by atoms with van der Waals surface area (Å²) in [5, 5.41) is 2.75. The fourth-order valence-corrected chi connectivity index (χ4v) is 4.35. The minimum absolute atomic E-state index is 0.0984. The van der Waals surface area contributed by atoms with Crippen molar-refractivity contribution >= 4 is 21.4 Å². The highest BCUT2D eigenvalue weighted by molar-refractivity contribution is 7.91. The van der Waals surface area contributed by atoms with Gasteiger partial charge in [-0.05, 0) is 61.2 Å². The van der Waals surface area contributed by atoms with Crippen LogP contribution >= 0.6 is 0 Å². The third-order valence-corrected chi connectivity index (χ3v) is 5.79. The lowest BCUT2D eigenvalue weighted by atomic mass is 10.1. The van der Waals surface area contributed by atoms with Crippen LogP contribution in [0.4, 0.5) is 5.69 Å². The molecule has 6 heteroatoms. The zero-order valence-corrected chi connectivity index (χ0v) is 14.2. The maximum Gasteiger partial charge on any atom is 0.262 e. The molecule has 3 rings (SSSR count). The molecule has 126 valence electrons. The standard InChI is InChI=1S/C18H19NO4S/c1-13-4-2-6-16(10-13)23-12-18(20)19-15-7-8-17-14(11-15)5-3-9-24(17,21)22/h2,4,6-8,10-11H,3,5,9,12H2,1H3,(H,19,20). The zero-order valence-electron chi connectivity index (χ0n) is 13.4. The van der Waals surface area contributed by atoms with Gasteiger partial charge in [0.1, 0.15) is 5.75 Å². The molecule has 24 heavy (non-hydrogen) atoms. The molecular weight excluding hydrogens is 326 g/mol. The van der Waals surface area contributed by atoms with Crippen molar-refractivity contribution in [3.05, 3.63) is 53.6 Å². The second-order valence-electron chi connectivity index (χ2n) is 5.90. The number of hydrogen-bond donors (Lipinski definition) is 1. The van der Waals surface area contributed by atoms with Gasteiger partial charge in [-0.3, -0.25) is 4.79 Å². The van der Waals surface area contributed by atoms with Gasteiger partial charge in [0.15, 0.2) is 16.4 Å². The van der Waals surface area contributed by atoms with Gasteiger partial charge in [-0.25, -0.2) is 8.42 Å². The molecule has 5 nitrogen and oxygen atoms in total. The predicted molar refractivity (Wildman–Crippen MR) is 92.1 cm³/mol. The number of nitrogens with one attached hydrogen (secondary N) is 1. The van der Waals surface area contributed by atoms with E-state index in [4.69, 9.17) is 4.74 Å². The summed E-state index contributed by atoms with van der Waals surface area (Å²) < 4.78 is 29.4. The van der Waals surface area contributed by atoms with Gasteiger partial charge in [0.2, 0.25) is 0 Å². The van der Waals surface area contributed by atoms with Crippen molar-refractivity contribution in [2.75, 3.05) is 17.7 Å². The van der Waals surface area contributed by atoms with Crippen LogP contribution in [0.2, 0.25) is 0 Å². The molecule has 0 atom stereocenters. The number of amides is 1. The minimum atomic E-state index is -3.18. The molecule has 1 aliphatic heterocycles. The molecule has 2 aromatic carbocycles. The molecule has 1 aliphatic rings. The Balaban J connectivity index is 1.65. The van der Waals surface area contributed by atoms with Crippen LogP contribution < -0.4 is 10.1 Å². The fourth-order valence-electron chi connectivity index (χ4n) is 2.77. The zero-order chi connectivity index (χ0) is 17.2. The van der Waals surface area contributed by atoms with Crippen LogP contribution in [0.3, 0.4) is 0 Å². The second-order valence-corrected chi connectivity index (χ2v) is 7.98. The number of ether oxygens (including phenoxy) is 1. The molecule has 1 N–H and O–H groups in total. The summed E-state index contributed by atoms with van der Waals surface area (Å²) in [5.74, 6) is 0.549. The highest BCUT2D eigenvalue weighted by atomic mass is 32.2. The minimum Gasteiger partial charge on any atom is -0.484 e. The Kier molecular flexibility index (Phi) is 4.57. The van der Waals surface area contributed by atoms with Gasteiger partial charge < -0.3 is 10.1 Å². The molecule has 0 spiro atoms. The molecule has 0 unspecified atom stereocenters. The van der Waals surface area contributed by atoms with E-state index in [1.807, 2.05) is 25.1 Å². The summed E-state index contributed by atoms with van der Waals surface area (Å²) in [6, 6.07) is 12.4. The lowest BCUT2D eigenvalue weighted by Crippen LogP contribution is -2.21. The van der Waals surface area contributed by atoms with Crippen molar-refractivity contribution in [3.8, 4) is 5.75 Å². The van der Waals surface area contributed by atoms with Crippen LogP contribution in [0.5, 0.6) is 5.75 Å². The molecule has 1 amide bonds. The Morgan fingerprint density at radius 3 is 2.83 bits per heavy atom. The van der Waals surface area contributed by atoms with Crippen molar-refractivity contribution in [2.45, 2.75) is 24.7 Å². The van der Waals surface area contributed by atoms with Crippen molar-refractivity contribution < 1.29 is 17.9 Å². The Morgan fingerprint density at radius 1 is 1.21 bits per heavy atom. The number of fused-ring (bicyclic) bond motifs is 1. The van der Waals surface area contributed by atoms with Crippen LogP contribution in [0, 0.1) is 6.92 Å². The average molecular weight is 345 g/mol. The smallest absolute Gasteiger partial charge is 0.262 e. The monoisotopic (exact) mass is 345 g/mol. The van der Waals surface area contributed by atoms with Crippen molar-refractivity contribution in [1.82, 2.24) is 0 Å². The molecule has 2 aromatic rings. The van der Waals surface area contributed by atoms with E-state index < -0.39 is 9.84 Å². The lowest BCUT2D eigenvalue weighted by Gasteiger charge is -2.17. The van der Waals surface area contributed by atoms with Crippen LogP contribution in [0.15, 0.2) is 47.4 Å². The molecular formula is C18H19NO4S. The number of sulfone groups is 1. The fraction of sp³-hybridized carbons (Fsp3) is 0.278. The Labute approximate surface area is 141 Å². The summed E-state index contributed by atoms with van der Waals surface area (Å²) in [6.07, 6.45) is 1.32. The summed E-state index contributed by atoms with van der Waals surface area (Å²) in [4.78, 5) is 12.4. The van der Waals surface area contributed by atoms with Crippen molar-refractivity contribution in [1.29, 1.82) is 0 Å². The average Bonchev–Trinajstić information content (AvgIpc) is 2.52. The molecule has 0 saturated heterocycles. The molecule has 0 aliphatic carbocycles. The van der Waals surface area contributed by atoms with Crippen molar-refractivity contribution in [3.63, 3.8) is 0 Å². The van der Waals surface area contributed by atoms with E-state index in [1.54, 1.807) is 24.3 Å². The van der Waals surface area contributed by atoms with E-state index in [2.05, 4.69) is 5.32 Å². The number of anilines is 1. The summed E-state index contributed by atoms with van der Waals surface area (Å²) in [7, 11) is -3.18. The normalized spacial score (nSPS) is 15.4. The number of carbonyl (C=O) groups excluding carboxylic acids is 1. The number of hydrogen-bond acceptors (Lipinski definition) is 4. The maximum atomic E-state index is 12.0. The van der Waals surface area contributed by atoms with E-state index in [-0.39, 0.29) is 18.3 Å². The first-order chi connectivity index (χ1) is 11.4. The number of aryl methyl sites for hydroxylation is 2. The van der Waals surface area contributed by atoms with Gasteiger partial charge >= 0.3 is 0 Å². The SMILES string of the molecule is Cc1cccc(OCC(=O)Nc2ccc3c(c2)CCCS3(=O)=O)c1. The number of rotatable bonds is 4. The third-order valence-electron chi connectivity index (χ3n) is 3.90. The van der Waals surface area contributed by atoms with E-state index in [0.717, 1.165) is 11.1 Å². The van der Waals surface area contributed by atoms with E-state index >= 15 is 0 Å². The Hall–Kier alpha value is -2.34. The van der Waals surface area contributed by atoms with Gasteiger partial charge in [0.25, 0.3) is 5.91 Å². The highest BCUT2D eigenvalue weighted by Crippen LogP contribution is 2.27. The molecule has 0 fully saturated rings. The largest absolute Gasteiger partial charge is 0.484 e. The van der Waals surface area contributed by atoms with Gasteiger partial charge in [-0.15, -0.1) is 0 Å². The molecule has 0 aromatic heterocycles. The maximum absolute atomic E-state index is 12.0. The summed E-state index contributed by atoms with van der Waals surface area (Å²) in [5.41, 5.74) is 2.41. The topological polar surface area (TPSA) is 72.5 Å². The predicted octanol–water partition coefficient (Wildman–Crippen LogP) is 2.73. The Bertz CT molecular complexity index is 874. The third kappa shape index (κ3) is 3.76. The van der Waals surface area contributed by atoms with Crippen LogP contribution in [0.1, 0.15) is 17.5 Å². The first kappa shape index (κ1) is 16.5. The van der Waals surface area contributed by atoms with Gasteiger partial charge in [0.05, 0.1) is 10.6 Å².